The smallest absolute Gasteiger partial charge is 0.364 e. The van der Waals surface area contributed by atoms with E-state index in [-0.39, 0.29) is 25.9 Å². The molecule has 0 radical (unpaired) electrons. The number of likely N-dealkylation sites (tertiary alicyclic amines) is 2. The zero-order chi connectivity index (χ0) is 80.4. The minimum Gasteiger partial charge on any atom is -0.477 e. The van der Waals surface area contributed by atoms with E-state index in [1.54, 1.807) is 0 Å². The first kappa shape index (κ1) is 88.9. The summed E-state index contributed by atoms with van der Waals surface area (Å²) in [4.78, 5) is 136. The van der Waals surface area contributed by atoms with Gasteiger partial charge in [-0.05, 0) is 46.5 Å². The van der Waals surface area contributed by atoms with Crippen molar-refractivity contribution in [2.24, 2.45) is 11.7 Å². The summed E-state index contributed by atoms with van der Waals surface area (Å²) in [6.45, 7) is 1.84. The molecule has 0 aromatic heterocycles. The number of ether oxygens (including phenoxy) is 10. The number of rotatable bonds is 32. The van der Waals surface area contributed by atoms with E-state index in [9.17, 15) is 130 Å². The van der Waals surface area contributed by atoms with Gasteiger partial charge in [0.15, 0.2) is 25.2 Å². The molecule has 108 heavy (non-hydrogen) atoms. The van der Waals surface area contributed by atoms with E-state index in [2.05, 4.69) is 31.9 Å². The lowest BCUT2D eigenvalue weighted by atomic mass is 9.88. The maximum Gasteiger partial charge on any atom is 0.364 e. The molecule has 7 saturated heterocycles. The number of hydrogen-bond donors (Lipinski definition) is 23. The summed E-state index contributed by atoms with van der Waals surface area (Å²) in [6.07, 6.45) is -48.0. The average Bonchev–Trinajstić information content (AvgIpc) is 1.03. The van der Waals surface area contributed by atoms with Gasteiger partial charge < -0.3 is 177 Å². The van der Waals surface area contributed by atoms with Gasteiger partial charge in [0, 0.05) is 40.3 Å². The van der Waals surface area contributed by atoms with Crippen molar-refractivity contribution >= 4 is 59.1 Å². The topological polar surface area (TPSA) is 691 Å². The van der Waals surface area contributed by atoms with Crippen LogP contribution in [0.4, 0.5) is 0 Å². The van der Waals surface area contributed by atoms with E-state index in [1.165, 1.54) is 37.5 Å². The van der Waals surface area contributed by atoms with E-state index in [4.69, 9.17) is 53.1 Å². The third-order valence-electron chi connectivity index (χ3n) is 19.8. The van der Waals surface area contributed by atoms with Gasteiger partial charge in [0.25, 0.3) is 5.79 Å². The molecule has 0 aromatic carbocycles. The minimum absolute atomic E-state index is 0.0162. The number of primary amides is 1. The monoisotopic (exact) mass is 1560 g/mol. The quantitative estimate of drug-likeness (QED) is 0.0297. The third kappa shape index (κ3) is 20.5. The van der Waals surface area contributed by atoms with Crippen LogP contribution in [-0.4, -0.2) is 399 Å². The molecule has 7 rings (SSSR count). The molecule has 0 aromatic rings. The lowest BCUT2D eigenvalue weighted by molar-refractivity contribution is -0.383. The normalized spacial score (nSPS) is 37.8. The highest BCUT2D eigenvalue weighted by molar-refractivity contribution is 5.97. The van der Waals surface area contributed by atoms with Gasteiger partial charge in [-0.1, -0.05) is 6.92 Å². The van der Waals surface area contributed by atoms with Gasteiger partial charge in [-0.25, -0.2) is 4.79 Å². The molecule has 45 nitrogen and oxygen atoms in total. The molecule has 0 bridgehead atoms. The van der Waals surface area contributed by atoms with E-state index in [0.29, 0.717) is 12.8 Å². The van der Waals surface area contributed by atoms with E-state index >= 15 is 0 Å². The molecule has 7 aliphatic rings. The van der Waals surface area contributed by atoms with Crippen molar-refractivity contribution in [3.63, 3.8) is 0 Å². The number of aliphatic hydroxyl groups excluding tert-OH is 15. The van der Waals surface area contributed by atoms with Crippen LogP contribution in [0.3, 0.4) is 0 Å². The molecule has 0 aliphatic carbocycles. The Morgan fingerprint density at radius 1 is 0.556 bits per heavy atom. The molecule has 45 heteroatoms. The van der Waals surface area contributed by atoms with Crippen LogP contribution in [0.5, 0.6) is 0 Å². The number of carboxylic acid groups (broad SMARTS) is 1. The number of carbonyl (C=O) groups excluding carboxylic acids is 9. The Labute approximate surface area is 616 Å². The van der Waals surface area contributed by atoms with E-state index in [0.717, 1.165) is 20.8 Å². The second-order valence-corrected chi connectivity index (χ2v) is 27.8. The van der Waals surface area contributed by atoms with E-state index in [1.807, 2.05) is 0 Å². The first-order valence-electron chi connectivity index (χ1n) is 35.1. The number of aliphatic hydroxyl groups is 15. The Kier molecular flexibility index (Phi) is 31.9. The first-order chi connectivity index (χ1) is 50.8. The Morgan fingerprint density at radius 3 is 1.67 bits per heavy atom. The number of nitrogens with two attached hydrogens (primary N) is 1. The van der Waals surface area contributed by atoms with Crippen LogP contribution in [0.2, 0.25) is 0 Å². The summed E-state index contributed by atoms with van der Waals surface area (Å²) in [7, 11) is 0. The molecule has 33 atom stereocenters. The van der Waals surface area contributed by atoms with Crippen molar-refractivity contribution in [3.8, 4) is 0 Å². The Morgan fingerprint density at radius 2 is 1.09 bits per heavy atom. The third-order valence-corrected chi connectivity index (χ3v) is 19.8. The number of carbonyl (C=O) groups is 10. The van der Waals surface area contributed by atoms with Crippen molar-refractivity contribution in [3.05, 3.63) is 0 Å². The zero-order valence-corrected chi connectivity index (χ0v) is 60.0. The summed E-state index contributed by atoms with van der Waals surface area (Å²) in [5, 5.41) is 190. The summed E-state index contributed by atoms with van der Waals surface area (Å²) >= 11 is 0. The van der Waals surface area contributed by atoms with Crippen LogP contribution >= 0.6 is 0 Å². The van der Waals surface area contributed by atoms with E-state index < -0.39 is 306 Å². The van der Waals surface area contributed by atoms with Crippen molar-refractivity contribution < 1.29 is 177 Å². The van der Waals surface area contributed by atoms with Crippen LogP contribution in [0.15, 0.2) is 0 Å². The molecule has 616 valence electrons. The Balaban J connectivity index is 1.16. The number of carboxylic acids is 1. The lowest BCUT2D eigenvalue weighted by Gasteiger charge is -2.51. The second-order valence-electron chi connectivity index (χ2n) is 27.8. The van der Waals surface area contributed by atoms with Gasteiger partial charge in [-0.15, -0.1) is 0 Å². The fourth-order valence-electron chi connectivity index (χ4n) is 13.8. The Hall–Kier alpha value is -6.30. The first-order valence-corrected chi connectivity index (χ1v) is 35.1. The van der Waals surface area contributed by atoms with Crippen LogP contribution in [0.25, 0.3) is 0 Å². The molecule has 7 heterocycles. The Bertz CT molecular complexity index is 3100. The zero-order valence-electron chi connectivity index (χ0n) is 60.0. The van der Waals surface area contributed by atoms with Gasteiger partial charge >= 0.3 is 5.97 Å². The molecule has 0 saturated carbocycles. The van der Waals surface area contributed by atoms with Crippen molar-refractivity contribution in [2.75, 3.05) is 52.7 Å². The number of aliphatic carboxylic acids is 1. The summed E-state index contributed by atoms with van der Waals surface area (Å²) in [6, 6.07) is -12.1. The van der Waals surface area contributed by atoms with Gasteiger partial charge in [0.05, 0.1) is 63.8 Å². The van der Waals surface area contributed by atoms with Crippen molar-refractivity contribution in [1.82, 2.24) is 41.7 Å². The van der Waals surface area contributed by atoms with Gasteiger partial charge in [-0.2, -0.15) is 0 Å². The molecule has 24 N–H and O–H groups in total. The van der Waals surface area contributed by atoms with Crippen LogP contribution < -0.4 is 37.6 Å². The summed E-state index contributed by atoms with van der Waals surface area (Å²) in [5.74, 6) is -14.2. The second kappa shape index (κ2) is 38.8. The number of hydrogen-bond acceptors (Lipinski definition) is 35. The van der Waals surface area contributed by atoms with Crippen molar-refractivity contribution in [2.45, 2.75) is 276 Å². The minimum atomic E-state index is -3.24. The number of nitrogens with zero attached hydrogens (tertiary/aromatic N) is 2. The molecular formula is C63H103N9O36. The van der Waals surface area contributed by atoms with Gasteiger partial charge in [-0.3, -0.25) is 43.2 Å². The molecule has 9 amide bonds. The fraction of sp³-hybridized carbons (Fsp3) is 0.841. The number of amides is 9. The highest BCUT2D eigenvalue weighted by Gasteiger charge is 2.61. The highest BCUT2D eigenvalue weighted by atomic mass is 16.8. The van der Waals surface area contributed by atoms with Crippen molar-refractivity contribution in [1.29, 1.82) is 0 Å². The molecule has 0 spiro atoms. The summed E-state index contributed by atoms with van der Waals surface area (Å²) < 4.78 is 59.6. The van der Waals surface area contributed by atoms with Gasteiger partial charge in [0.1, 0.15) is 146 Å². The standard InChI is InChI=1S/C63H103N9O36/c1-21(15-73)53(92)70-36(55(94)66-23(3)56(95)72-13-9-11-29(72)57(96)71-12-8-10-28(71)54(93)65-22(2)52(64)91)24(4)100-59-39(69-27(7)80)49(106-60-46(89)45(88)41(84)32(17-75)101-60)43(86)35(104-59)20-99-58-38(68-26(6)79)44(87)48(34(19-77)103-58)105-61-47(90)51(42(85)33(18-76)102-61)108-63(62(97)98)14-30(81)37(67-25(5)78)50(107-63)40(83)31(82)16-74/h21-24,28-51,58-61,73-77,81-90H,8-20H2,1-7H3,(H2,64,91)(H,65,93)(H,66,94)(H,67,78)(H,68,79)(H,69,80)(H,70,92)(H,97,98)/t21?,22?,23?,24?,28?,29?,30-,31+,32?,33?,34?,35?,36?,37+,38?,39?,40+,41-,42-,43-,44+,45-,46?,47?,48-,49+,50?,51-,58+,59+,60-,61-,63-/m0/s1. The SMILES string of the molecule is CC(=O)NC1[C@H](OCC2O[C@@H](OC(C)C(NC(=O)C(C)CO)C(=O)NC(C)C(=O)N3CCCC3C(=O)N3CCCC3C(=O)NC(C)C(N)=O)C(NC(C)=O)[C@@H](O[C@@H]3OC(CO)[C@H](O)[C@H](O)C3O)[C@H]2O)OC(CO)[C@H](O[C@@H]2OC(CO)[C@H](O)[C@H](O[C@]3(C(=O)O)C[C@H](O)[C@@H](NC(C)=O)C([C@H](O)[C@H](O)CO)O3)C2O)[C@@H]1O. The maximum atomic E-state index is 14.7. The largest absolute Gasteiger partial charge is 0.477 e. The lowest BCUT2D eigenvalue weighted by Crippen LogP contribution is -2.71. The maximum absolute atomic E-state index is 14.7. The summed E-state index contributed by atoms with van der Waals surface area (Å²) in [5.41, 5.74) is 5.34. The predicted octanol–water partition coefficient (Wildman–Crippen LogP) is -14.3. The van der Waals surface area contributed by atoms with Crippen LogP contribution in [0, 0.1) is 5.92 Å². The molecular weight excluding hydrogens is 1460 g/mol. The predicted molar refractivity (Wildman–Crippen MR) is 349 cm³/mol. The van der Waals surface area contributed by atoms with Crippen LogP contribution in [-0.2, 0) is 95.3 Å². The fourth-order valence-corrected chi connectivity index (χ4v) is 13.8. The number of nitrogens with one attached hydrogen (secondary N) is 6. The van der Waals surface area contributed by atoms with Crippen LogP contribution in [0.1, 0.15) is 80.6 Å². The molecule has 7 aliphatic heterocycles. The average molecular weight is 1560 g/mol. The highest BCUT2D eigenvalue weighted by Crippen LogP contribution is 2.40. The molecule has 16 unspecified atom stereocenters. The van der Waals surface area contributed by atoms with Gasteiger partial charge in [0.2, 0.25) is 53.2 Å². The molecule has 7 fully saturated rings.